The van der Waals surface area contributed by atoms with E-state index >= 15 is 0 Å². The predicted octanol–water partition coefficient (Wildman–Crippen LogP) is 5.43. The Bertz CT molecular complexity index is 799. The molecule has 1 aliphatic rings. The highest BCUT2D eigenvalue weighted by molar-refractivity contribution is 6.14. The Labute approximate surface area is 140 Å². The third kappa shape index (κ3) is 3.67. The Morgan fingerprint density at radius 2 is 1.38 bits per heavy atom. The van der Waals surface area contributed by atoms with Crippen LogP contribution in [-0.4, -0.2) is 5.78 Å². The van der Waals surface area contributed by atoms with Gasteiger partial charge in [-0.25, -0.2) is 8.78 Å². The molecule has 0 amide bonds. The van der Waals surface area contributed by atoms with Gasteiger partial charge in [-0.05, 0) is 66.3 Å². The van der Waals surface area contributed by atoms with Crippen LogP contribution in [0.15, 0.2) is 59.7 Å². The number of carbonyl (C=O) groups is 1. The van der Waals surface area contributed by atoms with Crippen LogP contribution in [-0.2, 0) is 4.79 Å². The fourth-order valence-corrected chi connectivity index (χ4v) is 2.89. The van der Waals surface area contributed by atoms with E-state index < -0.39 is 0 Å². The lowest BCUT2D eigenvalue weighted by atomic mass is 9.80. The second-order valence-corrected chi connectivity index (χ2v) is 6.14. The summed E-state index contributed by atoms with van der Waals surface area (Å²) in [6.45, 7) is 2.03. The molecule has 1 fully saturated rings. The molecule has 2 aromatic rings. The maximum atomic E-state index is 13.0. The quantitative estimate of drug-likeness (QED) is 0.673. The van der Waals surface area contributed by atoms with Crippen LogP contribution in [0.3, 0.4) is 0 Å². The van der Waals surface area contributed by atoms with Crippen molar-refractivity contribution in [1.29, 1.82) is 0 Å². The normalized spacial score (nSPS) is 21.5. The molecule has 122 valence electrons. The number of hydrogen-bond donors (Lipinski definition) is 0. The summed E-state index contributed by atoms with van der Waals surface area (Å²) in [5.74, 6) is -0.412. The average molecular weight is 324 g/mol. The smallest absolute Gasteiger partial charge is 0.185 e. The molecule has 2 aromatic carbocycles. The summed E-state index contributed by atoms with van der Waals surface area (Å²) in [7, 11) is 0. The first-order chi connectivity index (χ1) is 11.5. The van der Waals surface area contributed by atoms with Gasteiger partial charge in [0.15, 0.2) is 5.78 Å². The fraction of sp³-hybridized carbons (Fsp3) is 0.190. The summed E-state index contributed by atoms with van der Waals surface area (Å²) in [6, 6.07) is 12.2. The molecule has 1 nitrogen and oxygen atoms in total. The van der Waals surface area contributed by atoms with E-state index in [1.54, 1.807) is 24.3 Å². The maximum absolute atomic E-state index is 13.0. The average Bonchev–Trinajstić information content (AvgIpc) is 2.58. The van der Waals surface area contributed by atoms with Crippen molar-refractivity contribution < 1.29 is 13.6 Å². The third-order valence-corrected chi connectivity index (χ3v) is 4.33. The molecule has 1 aliphatic carbocycles. The van der Waals surface area contributed by atoms with Gasteiger partial charge in [-0.3, -0.25) is 4.79 Å². The number of benzene rings is 2. The summed E-state index contributed by atoms with van der Waals surface area (Å²) in [4.78, 5) is 12.8. The van der Waals surface area contributed by atoms with Crippen molar-refractivity contribution in [2.45, 2.75) is 19.8 Å². The summed E-state index contributed by atoms with van der Waals surface area (Å²) >= 11 is 0. The molecule has 0 bridgehead atoms. The van der Waals surface area contributed by atoms with Gasteiger partial charge in [0, 0.05) is 11.1 Å². The molecule has 0 radical (unpaired) electrons. The van der Waals surface area contributed by atoms with Gasteiger partial charge in [0.25, 0.3) is 0 Å². The molecular weight excluding hydrogens is 306 g/mol. The molecule has 24 heavy (non-hydrogen) atoms. The van der Waals surface area contributed by atoms with Crippen LogP contribution in [0.2, 0.25) is 0 Å². The van der Waals surface area contributed by atoms with Gasteiger partial charge < -0.3 is 0 Å². The number of rotatable bonds is 2. The lowest BCUT2D eigenvalue weighted by molar-refractivity contribution is -0.113. The van der Waals surface area contributed by atoms with E-state index in [0.717, 1.165) is 28.7 Å². The molecule has 0 aliphatic heterocycles. The molecule has 0 saturated heterocycles. The molecular formula is C21H18F2O. The first-order valence-electron chi connectivity index (χ1n) is 8.01. The van der Waals surface area contributed by atoms with Gasteiger partial charge in [-0.2, -0.15) is 0 Å². The molecule has 1 saturated carbocycles. The minimum Gasteiger partial charge on any atom is -0.289 e. The van der Waals surface area contributed by atoms with Crippen molar-refractivity contribution in [3.8, 4) is 0 Å². The molecule has 3 rings (SSSR count). The zero-order valence-corrected chi connectivity index (χ0v) is 13.4. The van der Waals surface area contributed by atoms with Gasteiger partial charge in [0.05, 0.1) is 0 Å². The van der Waals surface area contributed by atoms with Crippen LogP contribution in [0.4, 0.5) is 8.78 Å². The fourth-order valence-electron chi connectivity index (χ4n) is 2.89. The van der Waals surface area contributed by atoms with E-state index in [2.05, 4.69) is 0 Å². The number of halogens is 2. The molecule has 1 unspecified atom stereocenters. The minimum atomic E-state index is -0.294. The zero-order valence-electron chi connectivity index (χ0n) is 13.4. The zero-order chi connectivity index (χ0) is 17.1. The van der Waals surface area contributed by atoms with Crippen molar-refractivity contribution in [3.05, 3.63) is 82.4 Å². The summed E-state index contributed by atoms with van der Waals surface area (Å²) < 4.78 is 26.0. The molecule has 1 atom stereocenters. The second-order valence-electron chi connectivity index (χ2n) is 6.14. The molecule has 0 heterocycles. The highest BCUT2D eigenvalue weighted by atomic mass is 19.1. The van der Waals surface area contributed by atoms with Crippen LogP contribution in [0, 0.1) is 17.6 Å². The number of hydrogen-bond acceptors (Lipinski definition) is 1. The SMILES string of the molecule is CC1CC/C(=C\c2ccc(F)cc2)C(=O)/C1=C/c1ccc(F)cc1. The van der Waals surface area contributed by atoms with Gasteiger partial charge >= 0.3 is 0 Å². The first kappa shape index (κ1) is 16.3. The molecule has 0 aromatic heterocycles. The monoisotopic (exact) mass is 324 g/mol. The second kappa shape index (κ2) is 6.91. The highest BCUT2D eigenvalue weighted by Crippen LogP contribution is 2.32. The Morgan fingerprint density at radius 1 is 0.875 bits per heavy atom. The van der Waals surface area contributed by atoms with E-state index in [4.69, 9.17) is 0 Å². The van der Waals surface area contributed by atoms with Crippen LogP contribution in [0.1, 0.15) is 30.9 Å². The van der Waals surface area contributed by atoms with Gasteiger partial charge in [-0.15, -0.1) is 0 Å². The molecule has 3 heteroatoms. The van der Waals surface area contributed by atoms with Crippen LogP contribution >= 0.6 is 0 Å². The Balaban J connectivity index is 1.91. The molecule has 0 N–H and O–H groups in total. The van der Waals surface area contributed by atoms with E-state index in [0.29, 0.717) is 6.42 Å². The Hall–Kier alpha value is -2.55. The van der Waals surface area contributed by atoms with Crippen molar-refractivity contribution in [3.63, 3.8) is 0 Å². The van der Waals surface area contributed by atoms with Crippen LogP contribution in [0.25, 0.3) is 12.2 Å². The summed E-state index contributed by atoms with van der Waals surface area (Å²) in [5.41, 5.74) is 3.10. The first-order valence-corrected chi connectivity index (χ1v) is 8.01. The lowest BCUT2D eigenvalue weighted by Crippen LogP contribution is -2.19. The number of ketones is 1. The number of allylic oxidation sites excluding steroid dienone is 2. The van der Waals surface area contributed by atoms with Gasteiger partial charge in [0.1, 0.15) is 11.6 Å². The third-order valence-electron chi connectivity index (χ3n) is 4.33. The highest BCUT2D eigenvalue weighted by Gasteiger charge is 2.26. The van der Waals surface area contributed by atoms with Gasteiger partial charge in [-0.1, -0.05) is 31.2 Å². The van der Waals surface area contributed by atoms with E-state index in [9.17, 15) is 13.6 Å². The summed E-state index contributed by atoms with van der Waals surface area (Å²) in [6.07, 6.45) is 5.25. The van der Waals surface area contributed by atoms with Crippen LogP contribution in [0.5, 0.6) is 0 Å². The topological polar surface area (TPSA) is 17.1 Å². The van der Waals surface area contributed by atoms with Crippen molar-refractivity contribution >= 4 is 17.9 Å². The van der Waals surface area contributed by atoms with Gasteiger partial charge in [0.2, 0.25) is 0 Å². The van der Waals surface area contributed by atoms with E-state index in [1.807, 2.05) is 19.1 Å². The van der Waals surface area contributed by atoms with E-state index in [-0.39, 0.29) is 23.3 Å². The Morgan fingerprint density at radius 3 is 1.92 bits per heavy atom. The maximum Gasteiger partial charge on any atom is 0.185 e. The predicted molar refractivity (Wildman–Crippen MR) is 92.2 cm³/mol. The van der Waals surface area contributed by atoms with E-state index in [1.165, 1.54) is 24.3 Å². The minimum absolute atomic E-state index is 0.0161. The Kier molecular flexibility index (Phi) is 4.70. The lowest BCUT2D eigenvalue weighted by Gasteiger charge is -2.23. The van der Waals surface area contributed by atoms with Crippen molar-refractivity contribution in [1.82, 2.24) is 0 Å². The van der Waals surface area contributed by atoms with Crippen LogP contribution < -0.4 is 0 Å². The summed E-state index contributed by atoms with van der Waals surface area (Å²) in [5, 5.41) is 0. The van der Waals surface area contributed by atoms with Crippen molar-refractivity contribution in [2.75, 3.05) is 0 Å². The number of carbonyl (C=O) groups excluding carboxylic acids is 1. The molecule has 0 spiro atoms. The number of Topliss-reactive ketones (excluding diaryl/α,β-unsaturated/α-hetero) is 1. The van der Waals surface area contributed by atoms with Crippen molar-refractivity contribution in [2.24, 2.45) is 5.92 Å². The largest absolute Gasteiger partial charge is 0.289 e. The standard InChI is InChI=1S/C21H18F2O/c1-14-2-7-17(12-15-3-8-18(22)9-4-15)21(24)20(14)13-16-5-10-19(23)11-6-16/h3-6,8-14H,2,7H2,1H3/b17-12+,20-13+.